The molecule has 1 aromatic heterocycles. The number of aromatic nitrogens is 1. The van der Waals surface area contributed by atoms with Crippen molar-refractivity contribution in [2.75, 3.05) is 0 Å². The number of benzene rings is 3. The Hall–Kier alpha value is -4.06. The Labute approximate surface area is 205 Å². The van der Waals surface area contributed by atoms with E-state index in [2.05, 4.69) is 34.3 Å². The predicted molar refractivity (Wildman–Crippen MR) is 138 cm³/mol. The number of nitrogens with zero attached hydrogens (tertiary/aromatic N) is 3. The zero-order chi connectivity index (χ0) is 24.5. The molecule has 0 spiro atoms. The van der Waals surface area contributed by atoms with Crippen LogP contribution in [-0.4, -0.2) is 16.1 Å². The number of aryl methyl sites for hydroxylation is 1. The van der Waals surface area contributed by atoms with Crippen LogP contribution in [-0.2, 0) is 13.0 Å². The van der Waals surface area contributed by atoms with Crippen molar-refractivity contribution >= 4 is 28.2 Å². The fraction of sp³-hybridized carbons (Fsp3) is 0.241. The van der Waals surface area contributed by atoms with Gasteiger partial charge in [0.1, 0.15) is 18.0 Å². The molecule has 0 unspecified atom stereocenters. The third-order valence-corrected chi connectivity index (χ3v) is 5.81. The van der Waals surface area contributed by atoms with E-state index in [0.717, 1.165) is 28.6 Å². The summed E-state index contributed by atoms with van der Waals surface area (Å²) in [6, 6.07) is 22.4. The minimum Gasteiger partial charge on any atom is -0.487 e. The molecule has 0 fully saturated rings. The summed E-state index contributed by atoms with van der Waals surface area (Å²) in [5.41, 5.74) is 4.58. The molecule has 0 saturated carbocycles. The number of ether oxygens (including phenoxy) is 1. The molecule has 1 N–H and O–H groups in total. The maximum absolute atomic E-state index is 11.1. The summed E-state index contributed by atoms with van der Waals surface area (Å²) in [6.07, 6.45) is 7.82. The number of fused-ring (bicyclic) bond motifs is 1. The number of carbonyl (C=O) groups is 1. The normalized spacial score (nSPS) is 11.2. The molecule has 0 saturated heterocycles. The second-order valence-corrected chi connectivity index (χ2v) is 8.48. The number of unbranched alkanes of at least 4 members (excludes halogenated alkanes) is 3. The van der Waals surface area contributed by atoms with Crippen LogP contribution in [0.3, 0.4) is 0 Å². The van der Waals surface area contributed by atoms with Gasteiger partial charge in [-0.1, -0.05) is 56.5 Å². The first-order chi connectivity index (χ1) is 17.1. The topological polar surface area (TPSA) is 84.1 Å². The van der Waals surface area contributed by atoms with Crippen molar-refractivity contribution in [3.63, 3.8) is 0 Å². The van der Waals surface area contributed by atoms with Crippen molar-refractivity contribution in [3.8, 4) is 5.75 Å². The van der Waals surface area contributed by atoms with Crippen molar-refractivity contribution in [2.24, 2.45) is 10.2 Å². The van der Waals surface area contributed by atoms with Gasteiger partial charge in [0.05, 0.1) is 16.8 Å². The van der Waals surface area contributed by atoms with Gasteiger partial charge in [-0.25, -0.2) is 4.79 Å². The van der Waals surface area contributed by atoms with E-state index in [1.165, 1.54) is 31.2 Å². The zero-order valence-electron chi connectivity index (χ0n) is 19.9. The molecule has 0 bridgehead atoms. The molecule has 35 heavy (non-hydrogen) atoms. The molecule has 0 radical (unpaired) electrons. The fourth-order valence-corrected chi connectivity index (χ4v) is 3.78. The van der Waals surface area contributed by atoms with Gasteiger partial charge in [-0.2, -0.15) is 5.11 Å². The first-order valence-electron chi connectivity index (χ1n) is 12.0. The molecule has 6 nitrogen and oxygen atoms in total. The van der Waals surface area contributed by atoms with Crippen molar-refractivity contribution in [3.05, 3.63) is 95.7 Å². The van der Waals surface area contributed by atoms with Crippen LogP contribution in [0.25, 0.3) is 10.9 Å². The number of carboxylic acids is 1. The highest BCUT2D eigenvalue weighted by molar-refractivity contribution is 5.87. The third-order valence-electron chi connectivity index (χ3n) is 5.81. The Morgan fingerprint density at radius 1 is 0.914 bits per heavy atom. The van der Waals surface area contributed by atoms with Crippen molar-refractivity contribution < 1.29 is 14.6 Å². The van der Waals surface area contributed by atoms with E-state index in [1.54, 1.807) is 30.5 Å². The first-order valence-corrected chi connectivity index (χ1v) is 12.0. The summed E-state index contributed by atoms with van der Waals surface area (Å²) in [7, 11) is 0. The lowest BCUT2D eigenvalue weighted by Gasteiger charge is -2.10. The number of hydrogen-bond donors (Lipinski definition) is 1. The van der Waals surface area contributed by atoms with Gasteiger partial charge >= 0.3 is 5.97 Å². The Balaban J connectivity index is 1.50. The number of hydrogen-bond acceptors (Lipinski definition) is 5. The van der Waals surface area contributed by atoms with E-state index in [0.29, 0.717) is 11.4 Å². The zero-order valence-corrected chi connectivity index (χ0v) is 19.9. The molecule has 178 valence electrons. The Bertz CT molecular complexity index is 1300. The van der Waals surface area contributed by atoms with Gasteiger partial charge in [-0.05, 0) is 66.4 Å². The molecule has 0 aliphatic carbocycles. The van der Waals surface area contributed by atoms with Crippen LogP contribution >= 0.6 is 0 Å². The number of rotatable bonds is 11. The van der Waals surface area contributed by atoms with E-state index in [9.17, 15) is 4.79 Å². The lowest BCUT2D eigenvalue weighted by Crippen LogP contribution is -1.99. The quantitative estimate of drug-likeness (QED) is 0.179. The molecule has 4 aromatic rings. The largest absolute Gasteiger partial charge is 0.487 e. The Morgan fingerprint density at radius 3 is 2.43 bits per heavy atom. The lowest BCUT2D eigenvalue weighted by molar-refractivity contribution is 0.0697. The van der Waals surface area contributed by atoms with Crippen LogP contribution in [0.5, 0.6) is 5.75 Å². The van der Waals surface area contributed by atoms with Crippen LogP contribution in [0.1, 0.15) is 54.1 Å². The predicted octanol–water partition coefficient (Wildman–Crippen LogP) is 8.05. The van der Waals surface area contributed by atoms with Crippen molar-refractivity contribution in [1.29, 1.82) is 0 Å². The highest BCUT2D eigenvalue weighted by atomic mass is 16.5. The van der Waals surface area contributed by atoms with Gasteiger partial charge < -0.3 is 9.84 Å². The van der Waals surface area contributed by atoms with Gasteiger partial charge in [0.2, 0.25) is 0 Å². The smallest absolute Gasteiger partial charge is 0.335 e. The molecule has 1 heterocycles. The van der Waals surface area contributed by atoms with Gasteiger partial charge in [-0.3, -0.25) is 4.98 Å². The molecule has 4 rings (SSSR count). The van der Waals surface area contributed by atoms with E-state index in [-0.39, 0.29) is 12.2 Å². The number of carboxylic acid groups (broad SMARTS) is 1. The van der Waals surface area contributed by atoms with Gasteiger partial charge in [0.15, 0.2) is 0 Å². The molecule has 0 atom stereocenters. The maximum atomic E-state index is 11.1. The Kier molecular flexibility index (Phi) is 8.17. The molecular formula is C29H29N3O3. The molecule has 6 heteroatoms. The van der Waals surface area contributed by atoms with Gasteiger partial charge in [-0.15, -0.1) is 5.11 Å². The van der Waals surface area contributed by atoms with E-state index in [4.69, 9.17) is 9.84 Å². The summed E-state index contributed by atoms with van der Waals surface area (Å²) in [6.45, 7) is 2.50. The standard InChI is InChI=1S/C29H29N3O3/c1-2-3-4-5-7-21-11-15-25(16-12-21)31-32-27-19-26-24(8-6-17-30-26)18-28(27)35-20-22-9-13-23(14-10-22)29(33)34/h6,8-19H,2-5,7,20H2,1H3,(H,33,34). The SMILES string of the molecule is CCCCCCc1ccc(N=Nc2cc3ncccc3cc2OCc2ccc(C(=O)O)cc2)cc1. The molecular weight excluding hydrogens is 438 g/mol. The minimum atomic E-state index is -0.952. The molecule has 0 aliphatic rings. The minimum absolute atomic E-state index is 0.243. The van der Waals surface area contributed by atoms with E-state index in [1.807, 2.05) is 36.4 Å². The van der Waals surface area contributed by atoms with Crippen molar-refractivity contribution in [2.45, 2.75) is 45.6 Å². The third kappa shape index (κ3) is 6.73. The average Bonchev–Trinajstić information content (AvgIpc) is 2.89. The number of azo groups is 1. The lowest BCUT2D eigenvalue weighted by atomic mass is 10.1. The van der Waals surface area contributed by atoms with Crippen molar-refractivity contribution in [1.82, 2.24) is 4.98 Å². The second kappa shape index (κ2) is 11.9. The highest BCUT2D eigenvalue weighted by Gasteiger charge is 2.09. The van der Waals surface area contributed by atoms with Crippen LogP contribution in [0.15, 0.2) is 89.2 Å². The maximum Gasteiger partial charge on any atom is 0.335 e. The first kappa shape index (κ1) is 24.1. The van der Waals surface area contributed by atoms with Crippen LogP contribution in [0.2, 0.25) is 0 Å². The number of aromatic carboxylic acids is 1. The van der Waals surface area contributed by atoms with E-state index < -0.39 is 5.97 Å². The average molecular weight is 468 g/mol. The summed E-state index contributed by atoms with van der Waals surface area (Å²) >= 11 is 0. The molecule has 3 aromatic carbocycles. The highest BCUT2D eigenvalue weighted by Crippen LogP contribution is 2.34. The second-order valence-electron chi connectivity index (χ2n) is 8.48. The molecule has 0 amide bonds. The summed E-state index contributed by atoms with van der Waals surface area (Å²) in [5, 5.41) is 18.9. The fourth-order valence-electron chi connectivity index (χ4n) is 3.78. The van der Waals surface area contributed by atoms with Crippen LogP contribution < -0.4 is 4.74 Å². The summed E-state index contributed by atoms with van der Waals surface area (Å²) < 4.78 is 6.07. The summed E-state index contributed by atoms with van der Waals surface area (Å²) in [4.78, 5) is 15.5. The van der Waals surface area contributed by atoms with Crippen LogP contribution in [0, 0.1) is 0 Å². The number of pyridine rings is 1. The van der Waals surface area contributed by atoms with Gasteiger partial charge in [0.25, 0.3) is 0 Å². The summed E-state index contributed by atoms with van der Waals surface area (Å²) in [5.74, 6) is -0.365. The van der Waals surface area contributed by atoms with E-state index >= 15 is 0 Å². The van der Waals surface area contributed by atoms with Crippen LogP contribution in [0.4, 0.5) is 11.4 Å². The monoisotopic (exact) mass is 467 g/mol. The molecule has 0 aliphatic heterocycles. The Morgan fingerprint density at radius 2 is 1.69 bits per heavy atom. The van der Waals surface area contributed by atoms with Gasteiger partial charge in [0, 0.05) is 11.6 Å².